The summed E-state index contributed by atoms with van der Waals surface area (Å²) in [6.45, 7) is 1.81. The summed E-state index contributed by atoms with van der Waals surface area (Å²) in [7, 11) is -3.88. The Morgan fingerprint density at radius 3 is 2.60 bits per heavy atom. The Morgan fingerprint density at radius 2 is 1.92 bits per heavy atom. The number of nitro benzene ring substituents is 1. The van der Waals surface area contributed by atoms with Gasteiger partial charge in [0.15, 0.2) is 0 Å². The van der Waals surface area contributed by atoms with Gasteiger partial charge >= 0.3 is 5.97 Å². The molecule has 0 unspecified atom stereocenters. The lowest BCUT2D eigenvalue weighted by molar-refractivity contribution is -0.384. The highest BCUT2D eigenvalue weighted by Crippen LogP contribution is 2.20. The highest BCUT2D eigenvalue weighted by Gasteiger charge is 2.18. The van der Waals surface area contributed by atoms with Gasteiger partial charge in [0, 0.05) is 12.1 Å². The van der Waals surface area contributed by atoms with Gasteiger partial charge < -0.3 is 4.74 Å². The first-order chi connectivity index (χ1) is 11.8. The van der Waals surface area contributed by atoms with Gasteiger partial charge in [0.2, 0.25) is 10.0 Å². The van der Waals surface area contributed by atoms with Crippen LogP contribution in [-0.4, -0.2) is 25.9 Å². The van der Waals surface area contributed by atoms with E-state index in [1.165, 1.54) is 36.4 Å². The summed E-state index contributed by atoms with van der Waals surface area (Å²) >= 11 is 0. The van der Waals surface area contributed by atoms with Gasteiger partial charge in [0.25, 0.3) is 5.69 Å². The normalized spacial score (nSPS) is 10.9. The number of nitro groups is 1. The molecule has 0 bridgehead atoms. The standard InChI is InChI=1S/C16H16N2O6S/c1-2-24-16(19)14-8-3-4-9-15(14)17-25(22,23)11-12-6-5-7-13(10-12)18(20)21/h3-10,17H,2,11H2,1H3. The summed E-state index contributed by atoms with van der Waals surface area (Å²) in [5.41, 5.74) is 0.244. The average molecular weight is 364 g/mol. The van der Waals surface area contributed by atoms with E-state index in [4.69, 9.17) is 4.74 Å². The highest BCUT2D eigenvalue weighted by molar-refractivity contribution is 7.91. The molecule has 0 atom stereocenters. The fourth-order valence-electron chi connectivity index (χ4n) is 2.14. The Bertz CT molecular complexity index is 895. The molecule has 8 nitrogen and oxygen atoms in total. The van der Waals surface area contributed by atoms with E-state index in [0.29, 0.717) is 0 Å². The van der Waals surface area contributed by atoms with Crippen molar-refractivity contribution in [1.29, 1.82) is 0 Å². The second-order valence-electron chi connectivity index (χ2n) is 5.05. The average Bonchev–Trinajstić information content (AvgIpc) is 2.55. The van der Waals surface area contributed by atoms with Gasteiger partial charge in [-0.25, -0.2) is 13.2 Å². The number of rotatable bonds is 7. The number of nitrogens with one attached hydrogen (secondary N) is 1. The second kappa shape index (κ2) is 7.75. The molecule has 132 valence electrons. The predicted octanol–water partition coefficient (Wildman–Crippen LogP) is 2.71. The smallest absolute Gasteiger partial charge is 0.340 e. The number of ether oxygens (including phenoxy) is 1. The minimum atomic E-state index is -3.88. The van der Waals surface area contributed by atoms with E-state index in [-0.39, 0.29) is 29.1 Å². The van der Waals surface area contributed by atoms with Crippen LogP contribution < -0.4 is 4.72 Å². The number of benzene rings is 2. The minimum Gasteiger partial charge on any atom is -0.462 e. The van der Waals surface area contributed by atoms with Crippen LogP contribution in [0.3, 0.4) is 0 Å². The van der Waals surface area contributed by atoms with E-state index in [1.807, 2.05) is 0 Å². The Balaban J connectivity index is 2.24. The topological polar surface area (TPSA) is 116 Å². The van der Waals surface area contributed by atoms with Crippen molar-refractivity contribution in [2.75, 3.05) is 11.3 Å². The van der Waals surface area contributed by atoms with Crippen molar-refractivity contribution in [3.8, 4) is 0 Å². The quantitative estimate of drug-likeness (QED) is 0.459. The zero-order valence-corrected chi connectivity index (χ0v) is 14.2. The first kappa shape index (κ1) is 18.4. The maximum absolute atomic E-state index is 12.4. The largest absolute Gasteiger partial charge is 0.462 e. The van der Waals surface area contributed by atoms with E-state index in [0.717, 1.165) is 0 Å². The SMILES string of the molecule is CCOC(=O)c1ccccc1NS(=O)(=O)Cc1cccc([N+](=O)[O-])c1. The Kier molecular flexibility index (Phi) is 5.71. The third kappa shape index (κ3) is 5.01. The highest BCUT2D eigenvalue weighted by atomic mass is 32.2. The van der Waals surface area contributed by atoms with Gasteiger partial charge in [-0.2, -0.15) is 0 Å². The molecule has 0 aliphatic rings. The number of carbonyl (C=O) groups excluding carboxylic acids is 1. The number of non-ortho nitro benzene ring substituents is 1. The van der Waals surface area contributed by atoms with Crippen molar-refractivity contribution in [2.45, 2.75) is 12.7 Å². The predicted molar refractivity (Wildman–Crippen MR) is 91.7 cm³/mol. The number of sulfonamides is 1. The third-order valence-electron chi connectivity index (χ3n) is 3.17. The number of carbonyl (C=O) groups is 1. The van der Waals surface area contributed by atoms with Crippen molar-refractivity contribution in [2.24, 2.45) is 0 Å². The molecule has 0 aliphatic carbocycles. The van der Waals surface area contributed by atoms with E-state index in [9.17, 15) is 23.3 Å². The molecule has 0 saturated carbocycles. The number of nitrogens with zero attached hydrogens (tertiary/aromatic N) is 1. The fourth-order valence-corrected chi connectivity index (χ4v) is 3.35. The van der Waals surface area contributed by atoms with Gasteiger partial charge in [0.05, 0.1) is 28.5 Å². The Hall–Kier alpha value is -2.94. The van der Waals surface area contributed by atoms with Crippen molar-refractivity contribution in [1.82, 2.24) is 0 Å². The second-order valence-corrected chi connectivity index (χ2v) is 6.78. The molecule has 25 heavy (non-hydrogen) atoms. The molecule has 1 N–H and O–H groups in total. The third-order valence-corrected chi connectivity index (χ3v) is 4.41. The summed E-state index contributed by atoms with van der Waals surface area (Å²) in [6, 6.07) is 11.4. The van der Waals surface area contributed by atoms with Crippen LogP contribution in [0.5, 0.6) is 0 Å². The Labute approximate surface area is 144 Å². The summed E-state index contributed by atoms with van der Waals surface area (Å²) in [4.78, 5) is 22.1. The summed E-state index contributed by atoms with van der Waals surface area (Å²) in [5.74, 6) is -1.11. The first-order valence-electron chi connectivity index (χ1n) is 7.32. The van der Waals surface area contributed by atoms with E-state index >= 15 is 0 Å². The van der Waals surface area contributed by atoms with E-state index in [2.05, 4.69) is 4.72 Å². The van der Waals surface area contributed by atoms with Crippen LogP contribution in [-0.2, 0) is 20.5 Å². The zero-order valence-electron chi connectivity index (χ0n) is 13.3. The van der Waals surface area contributed by atoms with E-state index < -0.39 is 26.7 Å². The summed E-state index contributed by atoms with van der Waals surface area (Å²) in [5, 5.41) is 10.8. The van der Waals surface area contributed by atoms with Crippen LogP contribution in [0.25, 0.3) is 0 Å². The van der Waals surface area contributed by atoms with Crippen molar-refractivity contribution in [3.63, 3.8) is 0 Å². The van der Waals surface area contributed by atoms with Gasteiger partial charge in [-0.3, -0.25) is 14.8 Å². The van der Waals surface area contributed by atoms with Crippen molar-refractivity contribution < 1.29 is 22.9 Å². The van der Waals surface area contributed by atoms with Gasteiger partial charge in [-0.05, 0) is 24.6 Å². The van der Waals surface area contributed by atoms with Crippen LogP contribution >= 0.6 is 0 Å². The van der Waals surface area contributed by atoms with Crippen LogP contribution in [0.1, 0.15) is 22.8 Å². The molecule has 0 aliphatic heterocycles. The molecular weight excluding hydrogens is 348 g/mol. The zero-order chi connectivity index (χ0) is 18.4. The van der Waals surface area contributed by atoms with Gasteiger partial charge in [-0.15, -0.1) is 0 Å². The molecule has 0 radical (unpaired) electrons. The molecule has 0 heterocycles. The monoisotopic (exact) mass is 364 g/mol. The molecule has 2 aromatic rings. The lowest BCUT2D eigenvalue weighted by atomic mass is 10.2. The fraction of sp³-hybridized carbons (Fsp3) is 0.188. The molecule has 0 saturated heterocycles. The summed E-state index contributed by atoms with van der Waals surface area (Å²) in [6.07, 6.45) is 0. The number of hydrogen-bond donors (Lipinski definition) is 1. The molecule has 0 fully saturated rings. The number of hydrogen-bond acceptors (Lipinski definition) is 6. The molecule has 2 rings (SSSR count). The molecule has 0 aromatic heterocycles. The van der Waals surface area contributed by atoms with Crippen LogP contribution in [0.15, 0.2) is 48.5 Å². The van der Waals surface area contributed by atoms with Crippen LogP contribution in [0.4, 0.5) is 11.4 Å². The molecule has 9 heteroatoms. The molecule has 0 amide bonds. The van der Waals surface area contributed by atoms with E-state index in [1.54, 1.807) is 19.1 Å². The maximum Gasteiger partial charge on any atom is 0.340 e. The van der Waals surface area contributed by atoms with Crippen LogP contribution in [0.2, 0.25) is 0 Å². The summed E-state index contributed by atoms with van der Waals surface area (Å²) < 4.78 is 31.9. The van der Waals surface area contributed by atoms with Crippen molar-refractivity contribution in [3.05, 3.63) is 69.8 Å². The Morgan fingerprint density at radius 1 is 1.20 bits per heavy atom. The molecule has 2 aromatic carbocycles. The lowest BCUT2D eigenvalue weighted by Gasteiger charge is -2.12. The maximum atomic E-state index is 12.4. The number of para-hydroxylation sites is 1. The lowest BCUT2D eigenvalue weighted by Crippen LogP contribution is -2.18. The van der Waals surface area contributed by atoms with Gasteiger partial charge in [0.1, 0.15) is 0 Å². The number of anilines is 1. The molecular formula is C16H16N2O6S. The minimum absolute atomic E-state index is 0.0892. The first-order valence-corrected chi connectivity index (χ1v) is 8.97. The molecule has 0 spiro atoms. The van der Waals surface area contributed by atoms with Gasteiger partial charge in [-0.1, -0.05) is 24.3 Å². The number of esters is 1. The van der Waals surface area contributed by atoms with Crippen molar-refractivity contribution >= 4 is 27.4 Å². The van der Waals surface area contributed by atoms with Crippen LogP contribution in [0, 0.1) is 10.1 Å².